The number of hydrogen-bond acceptors (Lipinski definition) is 2. The van der Waals surface area contributed by atoms with Gasteiger partial charge in [-0.05, 0) is 38.1 Å². The summed E-state index contributed by atoms with van der Waals surface area (Å²) in [6.07, 6.45) is 0.388. The molecule has 0 atom stereocenters. The van der Waals surface area contributed by atoms with Crippen LogP contribution >= 0.6 is 0 Å². The second-order valence-corrected chi connectivity index (χ2v) is 4.51. The summed E-state index contributed by atoms with van der Waals surface area (Å²) in [6.45, 7) is 4.36. The Balaban J connectivity index is 2.17. The van der Waals surface area contributed by atoms with Crippen molar-refractivity contribution in [3.05, 3.63) is 30.1 Å². The molecule has 1 heterocycles. The Morgan fingerprint density at radius 2 is 1.94 bits per heavy atom. The molecule has 3 nitrogen and oxygen atoms in total. The molecule has 1 aromatic rings. The van der Waals surface area contributed by atoms with E-state index in [1.807, 2.05) is 13.8 Å². The molecule has 0 saturated carbocycles. The summed E-state index contributed by atoms with van der Waals surface area (Å²) in [5.74, 6) is -0.311. The van der Waals surface area contributed by atoms with Gasteiger partial charge in [-0.3, -0.25) is 4.90 Å². The van der Waals surface area contributed by atoms with Crippen LogP contribution in [-0.4, -0.2) is 18.2 Å². The summed E-state index contributed by atoms with van der Waals surface area (Å²) in [7, 11) is 0. The molecule has 1 aliphatic heterocycles. The highest BCUT2D eigenvalue weighted by atomic mass is 19.1. The minimum absolute atomic E-state index is 0.311. The smallest absolute Gasteiger partial charge is 0.414 e. The lowest BCUT2D eigenvalue weighted by atomic mass is 10.0. The van der Waals surface area contributed by atoms with Crippen LogP contribution in [0.4, 0.5) is 14.9 Å². The number of amides is 1. The van der Waals surface area contributed by atoms with Gasteiger partial charge in [-0.1, -0.05) is 0 Å². The van der Waals surface area contributed by atoms with E-state index in [1.165, 1.54) is 17.0 Å². The van der Waals surface area contributed by atoms with Crippen molar-refractivity contribution in [2.45, 2.75) is 25.9 Å². The zero-order chi connectivity index (χ0) is 11.8. The number of anilines is 1. The maximum atomic E-state index is 12.7. The van der Waals surface area contributed by atoms with Crippen LogP contribution in [0.25, 0.3) is 0 Å². The van der Waals surface area contributed by atoms with Gasteiger partial charge in [0.15, 0.2) is 0 Å². The van der Waals surface area contributed by atoms with Gasteiger partial charge in [0, 0.05) is 18.7 Å². The molecule has 1 saturated heterocycles. The summed E-state index contributed by atoms with van der Waals surface area (Å²) in [6, 6.07) is 5.83. The zero-order valence-corrected chi connectivity index (χ0v) is 9.37. The summed E-state index contributed by atoms with van der Waals surface area (Å²) >= 11 is 0. The number of cyclic esters (lactones) is 1. The highest BCUT2D eigenvalue weighted by Crippen LogP contribution is 2.26. The van der Waals surface area contributed by atoms with Gasteiger partial charge in [-0.2, -0.15) is 0 Å². The predicted octanol–water partition coefficient (Wildman–Crippen LogP) is 2.95. The lowest BCUT2D eigenvalue weighted by molar-refractivity contribution is 0.0236. The van der Waals surface area contributed by atoms with Crippen molar-refractivity contribution >= 4 is 11.8 Å². The second kappa shape index (κ2) is 3.77. The molecule has 0 N–H and O–H groups in total. The van der Waals surface area contributed by atoms with Crippen LogP contribution in [0.1, 0.15) is 20.3 Å². The van der Waals surface area contributed by atoms with Gasteiger partial charge >= 0.3 is 6.09 Å². The van der Waals surface area contributed by atoms with Gasteiger partial charge in [0.2, 0.25) is 0 Å². The van der Waals surface area contributed by atoms with Crippen molar-refractivity contribution in [1.29, 1.82) is 0 Å². The fourth-order valence-electron chi connectivity index (χ4n) is 1.67. The Hall–Kier alpha value is -1.58. The van der Waals surface area contributed by atoms with Crippen molar-refractivity contribution in [2.75, 3.05) is 11.4 Å². The number of halogens is 1. The van der Waals surface area contributed by atoms with Crippen molar-refractivity contribution < 1.29 is 13.9 Å². The van der Waals surface area contributed by atoms with Crippen LogP contribution in [0.2, 0.25) is 0 Å². The molecule has 0 bridgehead atoms. The zero-order valence-electron chi connectivity index (χ0n) is 9.37. The number of ether oxygens (including phenoxy) is 1. The summed E-state index contributed by atoms with van der Waals surface area (Å²) in [4.78, 5) is 13.2. The molecular formula is C12H14FNO2. The highest BCUT2D eigenvalue weighted by molar-refractivity contribution is 5.88. The van der Waals surface area contributed by atoms with Crippen molar-refractivity contribution in [2.24, 2.45) is 0 Å². The fraction of sp³-hybridized carbons (Fsp3) is 0.417. The van der Waals surface area contributed by atoms with Crippen LogP contribution < -0.4 is 4.90 Å². The van der Waals surface area contributed by atoms with E-state index in [4.69, 9.17) is 4.74 Å². The van der Waals surface area contributed by atoms with Crippen molar-refractivity contribution in [3.8, 4) is 0 Å². The maximum Gasteiger partial charge on any atom is 0.414 e. The third kappa shape index (κ3) is 2.15. The van der Waals surface area contributed by atoms with Gasteiger partial charge in [0.05, 0.1) is 0 Å². The Morgan fingerprint density at radius 1 is 1.31 bits per heavy atom. The molecule has 1 aromatic carbocycles. The first-order valence-corrected chi connectivity index (χ1v) is 5.24. The van der Waals surface area contributed by atoms with Crippen LogP contribution in [0.5, 0.6) is 0 Å². The van der Waals surface area contributed by atoms with Gasteiger partial charge in [0.25, 0.3) is 0 Å². The molecule has 16 heavy (non-hydrogen) atoms. The van der Waals surface area contributed by atoms with E-state index in [-0.39, 0.29) is 11.9 Å². The van der Waals surface area contributed by atoms with E-state index in [0.717, 1.165) is 6.42 Å². The Labute approximate surface area is 93.8 Å². The average molecular weight is 223 g/mol. The number of rotatable bonds is 1. The topological polar surface area (TPSA) is 29.5 Å². The predicted molar refractivity (Wildman–Crippen MR) is 58.9 cm³/mol. The van der Waals surface area contributed by atoms with Crippen LogP contribution in [0, 0.1) is 5.82 Å². The molecule has 4 heteroatoms. The monoisotopic (exact) mass is 223 g/mol. The number of nitrogens with zero attached hydrogens (tertiary/aromatic N) is 1. The summed E-state index contributed by atoms with van der Waals surface area (Å²) in [5.41, 5.74) is 0.259. The Morgan fingerprint density at radius 3 is 2.50 bits per heavy atom. The van der Waals surface area contributed by atoms with E-state index >= 15 is 0 Å². The first-order valence-electron chi connectivity index (χ1n) is 5.24. The van der Waals surface area contributed by atoms with Crippen LogP contribution in [-0.2, 0) is 4.74 Å². The van der Waals surface area contributed by atoms with Crippen LogP contribution in [0.3, 0.4) is 0 Å². The van der Waals surface area contributed by atoms with E-state index in [2.05, 4.69) is 0 Å². The summed E-state index contributed by atoms with van der Waals surface area (Å²) < 4.78 is 18.0. The molecule has 1 fully saturated rings. The number of carbonyl (C=O) groups is 1. The Kier molecular flexibility index (Phi) is 2.58. The third-order valence-corrected chi connectivity index (χ3v) is 2.66. The second-order valence-electron chi connectivity index (χ2n) is 4.51. The lowest BCUT2D eigenvalue weighted by Crippen LogP contribution is -2.46. The minimum Gasteiger partial charge on any atom is -0.443 e. The molecule has 0 spiro atoms. The van der Waals surface area contributed by atoms with E-state index in [0.29, 0.717) is 12.2 Å². The summed E-state index contributed by atoms with van der Waals surface area (Å²) in [5, 5.41) is 0. The number of benzene rings is 1. The lowest BCUT2D eigenvalue weighted by Gasteiger charge is -2.36. The molecule has 1 aliphatic rings. The standard InChI is InChI=1S/C12H14FNO2/c1-12(2)7-8-14(11(15)16-12)10-5-3-9(13)4-6-10/h3-6H,7-8H2,1-2H3. The van der Waals surface area contributed by atoms with E-state index in [9.17, 15) is 9.18 Å². The van der Waals surface area contributed by atoms with E-state index in [1.54, 1.807) is 12.1 Å². The van der Waals surface area contributed by atoms with E-state index < -0.39 is 5.60 Å². The first-order chi connectivity index (χ1) is 7.48. The third-order valence-electron chi connectivity index (χ3n) is 2.66. The van der Waals surface area contributed by atoms with Gasteiger partial charge in [-0.15, -0.1) is 0 Å². The van der Waals surface area contributed by atoms with Gasteiger partial charge < -0.3 is 4.74 Å². The Bertz CT molecular complexity index is 400. The fourth-order valence-corrected chi connectivity index (χ4v) is 1.67. The number of carbonyl (C=O) groups excluding carboxylic acids is 1. The van der Waals surface area contributed by atoms with Gasteiger partial charge in [-0.25, -0.2) is 9.18 Å². The normalized spacial score (nSPS) is 19.4. The van der Waals surface area contributed by atoms with Gasteiger partial charge in [0.1, 0.15) is 11.4 Å². The quantitative estimate of drug-likeness (QED) is 0.732. The molecule has 2 rings (SSSR count). The molecule has 0 aromatic heterocycles. The van der Waals surface area contributed by atoms with Crippen molar-refractivity contribution in [1.82, 2.24) is 0 Å². The molecule has 0 unspecified atom stereocenters. The average Bonchev–Trinajstić information content (AvgIpc) is 2.19. The van der Waals surface area contributed by atoms with Crippen LogP contribution in [0.15, 0.2) is 24.3 Å². The first kappa shape index (κ1) is 10.9. The highest BCUT2D eigenvalue weighted by Gasteiger charge is 2.33. The largest absolute Gasteiger partial charge is 0.443 e. The maximum absolute atomic E-state index is 12.7. The SMILES string of the molecule is CC1(C)CCN(c2ccc(F)cc2)C(=O)O1. The minimum atomic E-state index is -0.409. The molecule has 86 valence electrons. The molecule has 0 aliphatic carbocycles. The molecular weight excluding hydrogens is 209 g/mol. The number of hydrogen-bond donors (Lipinski definition) is 0. The molecule has 0 radical (unpaired) electrons. The molecule has 1 amide bonds. The van der Waals surface area contributed by atoms with Crippen molar-refractivity contribution in [3.63, 3.8) is 0 Å².